The second-order valence-electron chi connectivity index (χ2n) is 13.2. The van der Waals surface area contributed by atoms with Gasteiger partial charge in [0, 0.05) is 68.0 Å². The first-order chi connectivity index (χ1) is 26.1. The van der Waals surface area contributed by atoms with Crippen LogP contribution in [0.1, 0.15) is 22.4 Å². The molecule has 10 rings (SSSR count). The van der Waals surface area contributed by atoms with Crippen molar-refractivity contribution < 1.29 is 25.8 Å². The maximum absolute atomic E-state index is 13.8. The van der Waals surface area contributed by atoms with Crippen LogP contribution < -0.4 is 9.08 Å². The molecule has 0 amide bonds. The Labute approximate surface area is 319 Å². The molecule has 6 aromatic carbocycles. The van der Waals surface area contributed by atoms with E-state index in [2.05, 4.69) is 60.7 Å². The highest BCUT2D eigenvalue weighted by atomic mass is 32.2. The molecule has 3 aromatic heterocycles. The number of benzene rings is 6. The van der Waals surface area contributed by atoms with E-state index in [0.29, 0.717) is 11.1 Å². The molecule has 0 unspecified atom stereocenters. The first-order valence-corrected chi connectivity index (χ1v) is 21.0. The number of halogens is 3. The summed E-state index contributed by atoms with van der Waals surface area (Å²) in [6.07, 6.45) is 3.60. The lowest BCUT2D eigenvalue weighted by atomic mass is 9.91. The Bertz CT molecular complexity index is 3100. The van der Waals surface area contributed by atoms with Crippen LogP contribution in [0.25, 0.3) is 62.1 Å². The van der Waals surface area contributed by atoms with Crippen LogP contribution in [0.4, 0.5) is 30.2 Å². The minimum Gasteiger partial charge on any atom is -0.376 e. The number of anilines is 3. The Hall–Kier alpha value is -5.20. The van der Waals surface area contributed by atoms with Crippen LogP contribution in [-0.4, -0.2) is 13.9 Å². The van der Waals surface area contributed by atoms with Crippen LogP contribution in [0, 0.1) is 0 Å². The quantitative estimate of drug-likeness (QED) is 0.124. The summed E-state index contributed by atoms with van der Waals surface area (Å²) in [5, 5.41) is 5.15. The molecule has 1 aliphatic carbocycles. The van der Waals surface area contributed by atoms with Crippen LogP contribution in [0.15, 0.2) is 127 Å². The number of nitrogens with zero attached hydrogens (tertiary/aromatic N) is 1. The third-order valence-electron chi connectivity index (χ3n) is 9.91. The van der Waals surface area contributed by atoms with Gasteiger partial charge in [0.05, 0.1) is 10.4 Å². The van der Waals surface area contributed by atoms with Crippen molar-refractivity contribution in [2.24, 2.45) is 0 Å². The van der Waals surface area contributed by atoms with E-state index in [1.807, 2.05) is 65.6 Å². The Morgan fingerprint density at radius 2 is 1.22 bits per heavy atom. The Morgan fingerprint density at radius 3 is 1.93 bits per heavy atom. The van der Waals surface area contributed by atoms with Gasteiger partial charge in [0.15, 0.2) is 0 Å². The molecule has 11 heteroatoms. The molecular formula is C43H26F3NO3S4. The van der Waals surface area contributed by atoms with Gasteiger partial charge in [-0.3, -0.25) is 0 Å². The molecule has 3 heterocycles. The van der Waals surface area contributed by atoms with Crippen molar-refractivity contribution in [2.45, 2.75) is 18.3 Å². The van der Waals surface area contributed by atoms with Gasteiger partial charge in [-0.2, -0.15) is 21.6 Å². The Morgan fingerprint density at radius 1 is 0.593 bits per heavy atom. The topological polar surface area (TPSA) is 46.6 Å². The summed E-state index contributed by atoms with van der Waals surface area (Å²) < 4.78 is 76.7. The standard InChI is InChI=1S/C43H26F3NO3S4/c44-43(45,46)54(48,49)50-29-23-35-33-21-26(25-14-17-39-32(20-25)30-10-4-6-12-37(30)51-39)15-18-41(33)53-42(35)36(24-29)47(27-8-2-1-3-9-27)28-16-19-40-34(22-28)31-11-5-7-13-38(31)52-40/h1-14,16-17,19-24H,15,18H2. The molecule has 0 radical (unpaired) electrons. The Kier molecular flexibility index (Phi) is 7.68. The number of thiophene rings is 3. The van der Waals surface area contributed by atoms with Crippen molar-refractivity contribution in [1.29, 1.82) is 0 Å². The molecule has 0 N–H and O–H groups in total. The predicted octanol–water partition coefficient (Wildman–Crippen LogP) is 13.8. The third kappa shape index (κ3) is 5.48. The zero-order valence-corrected chi connectivity index (χ0v) is 31.3. The number of hydrogen-bond donors (Lipinski definition) is 0. The van der Waals surface area contributed by atoms with Crippen LogP contribution in [0.3, 0.4) is 0 Å². The molecule has 0 aliphatic heterocycles. The van der Waals surface area contributed by atoms with E-state index in [0.717, 1.165) is 70.7 Å². The zero-order valence-electron chi connectivity index (χ0n) is 28.1. The summed E-state index contributed by atoms with van der Waals surface area (Å²) in [4.78, 5) is 3.05. The van der Waals surface area contributed by atoms with E-state index in [-0.39, 0.29) is 0 Å². The lowest BCUT2D eigenvalue weighted by molar-refractivity contribution is -0.0500. The summed E-state index contributed by atoms with van der Waals surface area (Å²) in [5.74, 6) is -0.412. The van der Waals surface area contributed by atoms with Crippen LogP contribution >= 0.6 is 34.0 Å². The van der Waals surface area contributed by atoms with E-state index < -0.39 is 21.4 Å². The van der Waals surface area contributed by atoms with Gasteiger partial charge in [-0.1, -0.05) is 60.7 Å². The molecule has 0 saturated heterocycles. The van der Waals surface area contributed by atoms with Crippen LogP contribution in [0.2, 0.25) is 0 Å². The second-order valence-corrected chi connectivity index (χ2v) is 18.0. The van der Waals surface area contributed by atoms with Crippen LogP contribution in [-0.2, 0) is 16.5 Å². The molecule has 1 aliphatic rings. The molecule has 9 aromatic rings. The Balaban J connectivity index is 1.20. The van der Waals surface area contributed by atoms with E-state index in [9.17, 15) is 21.6 Å². The van der Waals surface area contributed by atoms with Gasteiger partial charge in [-0.25, -0.2) is 0 Å². The maximum Gasteiger partial charge on any atom is 0.534 e. The van der Waals surface area contributed by atoms with Gasteiger partial charge in [-0.05, 0) is 96.3 Å². The average Bonchev–Trinajstić information content (AvgIpc) is 3.85. The molecule has 0 fully saturated rings. The number of aryl methyl sites for hydroxylation is 1. The number of para-hydroxylation sites is 1. The van der Waals surface area contributed by atoms with Crippen molar-refractivity contribution in [3.63, 3.8) is 0 Å². The number of alkyl halides is 3. The predicted molar refractivity (Wildman–Crippen MR) is 221 cm³/mol. The maximum atomic E-state index is 13.8. The van der Waals surface area contributed by atoms with Crippen molar-refractivity contribution in [2.75, 3.05) is 4.90 Å². The first kappa shape index (κ1) is 33.4. The third-order valence-corrected chi connectivity index (χ3v) is 14.5. The number of hydrogen-bond acceptors (Lipinski definition) is 7. The summed E-state index contributed by atoms with van der Waals surface area (Å²) in [6, 6.07) is 41.5. The normalized spacial score (nSPS) is 13.6. The molecular weight excluding hydrogens is 764 g/mol. The van der Waals surface area contributed by atoms with Crippen molar-refractivity contribution in [3.05, 3.63) is 143 Å². The van der Waals surface area contributed by atoms with E-state index in [4.69, 9.17) is 4.18 Å². The summed E-state index contributed by atoms with van der Waals surface area (Å²) in [7, 11) is -5.96. The van der Waals surface area contributed by atoms with Gasteiger partial charge in [0.2, 0.25) is 0 Å². The molecule has 0 saturated carbocycles. The largest absolute Gasteiger partial charge is 0.534 e. The van der Waals surface area contributed by atoms with Crippen molar-refractivity contribution in [1.82, 2.24) is 0 Å². The van der Waals surface area contributed by atoms with Gasteiger partial charge < -0.3 is 9.08 Å². The zero-order chi connectivity index (χ0) is 36.8. The van der Waals surface area contributed by atoms with Crippen LogP contribution in [0.5, 0.6) is 5.75 Å². The monoisotopic (exact) mass is 789 g/mol. The fourth-order valence-corrected chi connectivity index (χ4v) is 11.3. The highest BCUT2D eigenvalue weighted by Gasteiger charge is 2.48. The van der Waals surface area contributed by atoms with E-state index in [1.165, 1.54) is 32.3 Å². The smallest absolute Gasteiger partial charge is 0.376 e. The highest BCUT2D eigenvalue weighted by Crippen LogP contribution is 2.50. The lowest BCUT2D eigenvalue weighted by Crippen LogP contribution is -2.28. The minimum atomic E-state index is -5.96. The summed E-state index contributed by atoms with van der Waals surface area (Å²) >= 11 is 5.02. The average molecular weight is 790 g/mol. The fraction of sp³-hybridized carbons (Fsp3) is 0.0698. The molecule has 0 atom stereocenters. The van der Waals surface area contributed by atoms with Gasteiger partial charge in [-0.15, -0.1) is 34.0 Å². The minimum absolute atomic E-state index is 0.412. The van der Waals surface area contributed by atoms with E-state index >= 15 is 0 Å². The number of allylic oxidation sites excluding steroid dienone is 1. The highest BCUT2D eigenvalue weighted by molar-refractivity contribution is 7.88. The fourth-order valence-electron chi connectivity index (χ4n) is 7.46. The molecule has 0 spiro atoms. The molecule has 54 heavy (non-hydrogen) atoms. The van der Waals surface area contributed by atoms with Gasteiger partial charge in [0.25, 0.3) is 0 Å². The van der Waals surface area contributed by atoms with Gasteiger partial charge in [0.1, 0.15) is 5.75 Å². The van der Waals surface area contributed by atoms with Gasteiger partial charge >= 0.3 is 15.6 Å². The SMILES string of the molecule is O=S(=O)(Oc1cc(N(c2ccccc2)c2ccc3sc4ccccc4c3c2)c2sc3c(c2c1)C=C(c1ccc2sc4ccccc4c2c1)CC3)C(F)(F)F. The lowest BCUT2D eigenvalue weighted by Gasteiger charge is -2.26. The van der Waals surface area contributed by atoms with Crippen molar-refractivity contribution in [3.8, 4) is 5.75 Å². The number of rotatable bonds is 6. The summed E-state index contributed by atoms with van der Waals surface area (Å²) in [6.45, 7) is 0. The molecule has 0 bridgehead atoms. The first-order valence-electron chi connectivity index (χ1n) is 17.1. The van der Waals surface area contributed by atoms with Crippen molar-refractivity contribution >= 4 is 123 Å². The summed E-state index contributed by atoms with van der Waals surface area (Å²) in [5.41, 5.74) is -0.519. The van der Waals surface area contributed by atoms with E-state index in [1.54, 1.807) is 34.0 Å². The molecule has 4 nitrogen and oxygen atoms in total. The second kappa shape index (κ2) is 12.4. The number of fused-ring (bicyclic) bond motifs is 9. The molecule has 266 valence electrons.